The van der Waals surface area contributed by atoms with Gasteiger partial charge in [-0.3, -0.25) is 9.59 Å². The average molecular weight is 372 g/mol. The quantitative estimate of drug-likeness (QED) is 0.634. The Morgan fingerprint density at radius 2 is 1.29 bits per heavy atom. The van der Waals surface area contributed by atoms with Crippen molar-refractivity contribution in [1.82, 2.24) is 0 Å². The molecule has 1 aliphatic carbocycles. The molecule has 0 saturated heterocycles. The van der Waals surface area contributed by atoms with Crippen LogP contribution in [0, 0.1) is 5.92 Å². The smallest absolute Gasteiger partial charge is 0.255 e. The summed E-state index contributed by atoms with van der Waals surface area (Å²) in [5, 5.41) is 5.72. The van der Waals surface area contributed by atoms with Crippen molar-refractivity contribution in [3.8, 4) is 11.5 Å². The van der Waals surface area contributed by atoms with Crippen LogP contribution in [0.15, 0.2) is 78.9 Å². The second-order valence-electron chi connectivity index (χ2n) is 6.73. The van der Waals surface area contributed by atoms with Gasteiger partial charge >= 0.3 is 0 Å². The Hall–Kier alpha value is -3.60. The SMILES string of the molecule is O=C(Nc1ccc(Oc2ccccc2)cc1)c1ccc(NC(=O)C2CC2)cc1. The number of para-hydroxylation sites is 1. The molecule has 28 heavy (non-hydrogen) atoms. The minimum atomic E-state index is -0.211. The van der Waals surface area contributed by atoms with E-state index < -0.39 is 0 Å². The van der Waals surface area contributed by atoms with Crippen molar-refractivity contribution in [1.29, 1.82) is 0 Å². The van der Waals surface area contributed by atoms with Crippen molar-refractivity contribution in [2.45, 2.75) is 12.8 Å². The van der Waals surface area contributed by atoms with Crippen LogP contribution in [0.1, 0.15) is 23.2 Å². The zero-order valence-corrected chi connectivity index (χ0v) is 15.2. The van der Waals surface area contributed by atoms with E-state index >= 15 is 0 Å². The molecule has 2 amide bonds. The fraction of sp³-hybridized carbons (Fsp3) is 0.130. The Labute approximate surface area is 163 Å². The van der Waals surface area contributed by atoms with Gasteiger partial charge in [0.1, 0.15) is 11.5 Å². The van der Waals surface area contributed by atoms with Crippen molar-refractivity contribution in [3.63, 3.8) is 0 Å². The number of amides is 2. The van der Waals surface area contributed by atoms with E-state index in [1.807, 2.05) is 30.3 Å². The monoisotopic (exact) mass is 372 g/mol. The highest BCUT2D eigenvalue weighted by molar-refractivity contribution is 6.04. The summed E-state index contributed by atoms with van der Waals surface area (Å²) in [7, 11) is 0. The molecule has 1 fully saturated rings. The molecule has 0 radical (unpaired) electrons. The average Bonchev–Trinajstić information content (AvgIpc) is 3.56. The zero-order valence-electron chi connectivity index (χ0n) is 15.2. The standard InChI is InChI=1S/C23H20N2O3/c26-22(16-6-7-16)24-18-10-8-17(9-11-18)23(27)25-19-12-14-21(15-13-19)28-20-4-2-1-3-5-20/h1-5,8-16H,6-7H2,(H,24,26)(H,25,27). The molecular weight excluding hydrogens is 352 g/mol. The van der Waals surface area contributed by atoms with Crippen molar-refractivity contribution in [2.24, 2.45) is 5.92 Å². The Morgan fingerprint density at radius 3 is 1.93 bits per heavy atom. The number of anilines is 2. The molecule has 140 valence electrons. The van der Waals surface area contributed by atoms with Gasteiger partial charge in [-0.15, -0.1) is 0 Å². The molecular formula is C23H20N2O3. The Morgan fingerprint density at radius 1 is 0.714 bits per heavy atom. The van der Waals surface area contributed by atoms with Gasteiger partial charge in [-0.2, -0.15) is 0 Å². The Kier molecular flexibility index (Phi) is 5.06. The lowest BCUT2D eigenvalue weighted by molar-refractivity contribution is -0.117. The molecule has 0 aromatic heterocycles. The Bertz CT molecular complexity index is 963. The lowest BCUT2D eigenvalue weighted by Crippen LogP contribution is -2.14. The number of hydrogen-bond donors (Lipinski definition) is 2. The number of carbonyl (C=O) groups is 2. The minimum absolute atomic E-state index is 0.0509. The van der Waals surface area contributed by atoms with Crippen molar-refractivity contribution in [3.05, 3.63) is 84.4 Å². The number of nitrogens with one attached hydrogen (secondary N) is 2. The molecule has 0 atom stereocenters. The first-order valence-electron chi connectivity index (χ1n) is 9.23. The third-order valence-electron chi connectivity index (χ3n) is 4.45. The van der Waals surface area contributed by atoms with Crippen LogP contribution in [-0.2, 0) is 4.79 Å². The van der Waals surface area contributed by atoms with Crippen LogP contribution >= 0.6 is 0 Å². The molecule has 1 saturated carbocycles. The maximum Gasteiger partial charge on any atom is 0.255 e. The second kappa shape index (κ2) is 7.96. The number of hydrogen-bond acceptors (Lipinski definition) is 3. The second-order valence-corrected chi connectivity index (χ2v) is 6.73. The molecule has 3 aromatic carbocycles. The summed E-state index contributed by atoms with van der Waals surface area (Å²) in [6.07, 6.45) is 1.92. The highest BCUT2D eigenvalue weighted by Gasteiger charge is 2.29. The lowest BCUT2D eigenvalue weighted by atomic mass is 10.2. The highest BCUT2D eigenvalue weighted by atomic mass is 16.5. The van der Waals surface area contributed by atoms with Gasteiger partial charge in [0.2, 0.25) is 5.91 Å². The first kappa shape index (κ1) is 17.8. The topological polar surface area (TPSA) is 67.4 Å². The summed E-state index contributed by atoms with van der Waals surface area (Å²) in [4.78, 5) is 24.2. The maximum absolute atomic E-state index is 12.4. The van der Waals surface area contributed by atoms with Crippen LogP contribution in [0.3, 0.4) is 0 Å². The molecule has 2 N–H and O–H groups in total. The number of benzene rings is 3. The molecule has 0 heterocycles. The zero-order chi connectivity index (χ0) is 19.3. The molecule has 1 aliphatic rings. The molecule has 5 nitrogen and oxygen atoms in total. The molecule has 0 bridgehead atoms. The van der Waals surface area contributed by atoms with Crippen molar-refractivity contribution in [2.75, 3.05) is 10.6 Å². The van der Waals surface area contributed by atoms with Crippen LogP contribution in [0.25, 0.3) is 0 Å². The van der Waals surface area contributed by atoms with E-state index in [1.54, 1.807) is 48.5 Å². The summed E-state index contributed by atoms with van der Waals surface area (Å²) in [6, 6.07) is 23.6. The molecule has 0 aliphatic heterocycles. The number of rotatable bonds is 6. The third-order valence-corrected chi connectivity index (χ3v) is 4.45. The summed E-state index contributed by atoms with van der Waals surface area (Å²) in [6.45, 7) is 0. The van der Waals surface area contributed by atoms with E-state index in [4.69, 9.17) is 4.74 Å². The summed E-state index contributed by atoms with van der Waals surface area (Å²) < 4.78 is 5.74. The number of ether oxygens (including phenoxy) is 1. The molecule has 4 rings (SSSR count). The van der Waals surface area contributed by atoms with Crippen LogP contribution in [0.5, 0.6) is 11.5 Å². The van der Waals surface area contributed by atoms with E-state index in [1.165, 1.54) is 0 Å². The maximum atomic E-state index is 12.4. The molecule has 0 spiro atoms. The highest BCUT2D eigenvalue weighted by Crippen LogP contribution is 2.30. The van der Waals surface area contributed by atoms with Crippen LogP contribution in [-0.4, -0.2) is 11.8 Å². The van der Waals surface area contributed by atoms with Gasteiger partial charge in [-0.05, 0) is 73.5 Å². The Balaban J connectivity index is 1.34. The van der Waals surface area contributed by atoms with Gasteiger partial charge in [0, 0.05) is 22.9 Å². The van der Waals surface area contributed by atoms with E-state index in [-0.39, 0.29) is 17.7 Å². The van der Waals surface area contributed by atoms with Gasteiger partial charge in [0.15, 0.2) is 0 Å². The first-order valence-corrected chi connectivity index (χ1v) is 9.23. The van der Waals surface area contributed by atoms with Crippen LogP contribution in [0.4, 0.5) is 11.4 Å². The van der Waals surface area contributed by atoms with E-state index in [0.29, 0.717) is 22.7 Å². The molecule has 5 heteroatoms. The van der Waals surface area contributed by atoms with Gasteiger partial charge in [-0.25, -0.2) is 0 Å². The van der Waals surface area contributed by atoms with Crippen molar-refractivity contribution < 1.29 is 14.3 Å². The summed E-state index contributed by atoms with van der Waals surface area (Å²) in [5.41, 5.74) is 1.90. The first-order chi connectivity index (χ1) is 13.7. The normalized spacial score (nSPS) is 12.9. The fourth-order valence-corrected chi connectivity index (χ4v) is 2.73. The van der Waals surface area contributed by atoms with Gasteiger partial charge in [0.25, 0.3) is 5.91 Å². The predicted molar refractivity (Wildman–Crippen MR) is 109 cm³/mol. The largest absolute Gasteiger partial charge is 0.457 e. The van der Waals surface area contributed by atoms with Crippen LogP contribution < -0.4 is 15.4 Å². The summed E-state index contributed by atoms with van der Waals surface area (Å²) >= 11 is 0. The predicted octanol–water partition coefficient (Wildman–Crippen LogP) is 5.08. The van der Waals surface area contributed by atoms with Gasteiger partial charge in [-0.1, -0.05) is 18.2 Å². The minimum Gasteiger partial charge on any atom is -0.457 e. The van der Waals surface area contributed by atoms with Crippen molar-refractivity contribution >= 4 is 23.2 Å². The fourth-order valence-electron chi connectivity index (χ4n) is 2.73. The molecule has 3 aromatic rings. The van der Waals surface area contributed by atoms with E-state index in [9.17, 15) is 9.59 Å². The van der Waals surface area contributed by atoms with E-state index in [2.05, 4.69) is 10.6 Å². The van der Waals surface area contributed by atoms with Crippen LogP contribution in [0.2, 0.25) is 0 Å². The summed E-state index contributed by atoms with van der Waals surface area (Å²) in [5.74, 6) is 1.44. The lowest BCUT2D eigenvalue weighted by Gasteiger charge is -2.09. The van der Waals surface area contributed by atoms with Gasteiger partial charge in [0.05, 0.1) is 0 Å². The van der Waals surface area contributed by atoms with Gasteiger partial charge < -0.3 is 15.4 Å². The van der Waals surface area contributed by atoms with E-state index in [0.717, 1.165) is 18.6 Å². The third kappa shape index (κ3) is 4.57. The molecule has 0 unspecified atom stereocenters. The number of carbonyl (C=O) groups excluding carboxylic acids is 2.